The van der Waals surface area contributed by atoms with Crippen molar-refractivity contribution in [1.29, 1.82) is 0 Å². The molecule has 2 aliphatic rings. The first kappa shape index (κ1) is 22.9. The predicted molar refractivity (Wildman–Crippen MR) is 114 cm³/mol. The number of anilines is 1. The monoisotopic (exact) mass is 486 g/mol. The average Bonchev–Trinajstić information content (AvgIpc) is 2.72. The van der Waals surface area contributed by atoms with Crippen LogP contribution in [0.15, 0.2) is 36.4 Å². The molecule has 1 fully saturated rings. The molecule has 1 saturated carbocycles. The molecule has 0 unspecified atom stereocenters. The first-order valence-electron chi connectivity index (χ1n) is 9.82. The van der Waals surface area contributed by atoms with Gasteiger partial charge in [-0.3, -0.25) is 23.7 Å². The van der Waals surface area contributed by atoms with Gasteiger partial charge in [-0.1, -0.05) is 41.4 Å². The molecule has 10 heteroatoms. The minimum atomic E-state index is -1.59. The Morgan fingerprint density at radius 1 is 1.16 bits per heavy atom. The molecule has 5 nitrogen and oxygen atoms in total. The van der Waals surface area contributed by atoms with E-state index in [9.17, 15) is 27.9 Å². The van der Waals surface area contributed by atoms with E-state index in [0.717, 1.165) is 0 Å². The fourth-order valence-corrected chi connectivity index (χ4v) is 5.24. The molecule has 170 valence electrons. The van der Waals surface area contributed by atoms with Crippen molar-refractivity contribution in [3.05, 3.63) is 63.4 Å². The highest BCUT2D eigenvalue weighted by atomic mass is 35.5. The normalized spacial score (nSPS) is 23.5. The van der Waals surface area contributed by atoms with Crippen LogP contribution in [0.25, 0.3) is 0 Å². The average molecular weight is 487 g/mol. The maximum Gasteiger partial charge on any atom is 0.321 e. The molecule has 1 spiro atoms. The van der Waals surface area contributed by atoms with Crippen LogP contribution in [0.2, 0.25) is 10.0 Å². The minimum absolute atomic E-state index is 0.0496. The van der Waals surface area contributed by atoms with Crippen LogP contribution in [0.4, 0.5) is 18.9 Å². The Hall–Kier alpha value is -2.29. The van der Waals surface area contributed by atoms with Crippen LogP contribution in [0.3, 0.4) is 0 Å². The van der Waals surface area contributed by atoms with Crippen molar-refractivity contribution in [2.75, 3.05) is 18.7 Å². The second kappa shape index (κ2) is 8.24. The number of fused-ring (bicyclic) bond motifs is 2. The molecule has 2 atom stereocenters. The standard InChI is InChI=1S/C22H19Cl2F3N2O3/c23-11-4-5-13-15(6-11)28-19(30)16(12-2-1-3-14(24)17(12)27)18(20(31)32)29-22(13)7-21(8-22,9-25)10-26/h1-6,16,18,29H,7-10H2,(H,28,30)(H,31,32)/t16-,18+/m0/s1. The molecule has 2 aromatic rings. The van der Waals surface area contributed by atoms with E-state index in [1.807, 2.05) is 0 Å². The van der Waals surface area contributed by atoms with Gasteiger partial charge in [0.1, 0.15) is 11.9 Å². The van der Waals surface area contributed by atoms with Gasteiger partial charge in [0.25, 0.3) is 0 Å². The van der Waals surface area contributed by atoms with E-state index in [0.29, 0.717) is 10.6 Å². The van der Waals surface area contributed by atoms with E-state index in [4.69, 9.17) is 23.2 Å². The molecule has 0 radical (unpaired) electrons. The lowest BCUT2D eigenvalue weighted by molar-refractivity contribution is -0.145. The number of halogens is 5. The molecule has 0 aromatic heterocycles. The van der Waals surface area contributed by atoms with Gasteiger partial charge in [0, 0.05) is 27.2 Å². The Balaban J connectivity index is 1.89. The van der Waals surface area contributed by atoms with Gasteiger partial charge in [-0.25, -0.2) is 4.39 Å². The van der Waals surface area contributed by atoms with Gasteiger partial charge in [0.05, 0.1) is 24.3 Å². The van der Waals surface area contributed by atoms with Gasteiger partial charge >= 0.3 is 5.97 Å². The zero-order valence-electron chi connectivity index (χ0n) is 16.6. The van der Waals surface area contributed by atoms with Crippen molar-refractivity contribution in [3.63, 3.8) is 0 Å². The van der Waals surface area contributed by atoms with Crippen LogP contribution in [0.1, 0.15) is 29.9 Å². The predicted octanol–water partition coefficient (Wildman–Crippen LogP) is 4.83. The molecule has 1 amide bonds. The molecular weight excluding hydrogens is 468 g/mol. The molecule has 1 aliphatic heterocycles. The highest BCUT2D eigenvalue weighted by Gasteiger charge is 2.59. The Morgan fingerprint density at radius 3 is 2.47 bits per heavy atom. The number of hydrogen-bond acceptors (Lipinski definition) is 3. The first-order chi connectivity index (χ1) is 15.1. The number of carbonyl (C=O) groups is 2. The summed E-state index contributed by atoms with van der Waals surface area (Å²) in [6.07, 6.45) is -0.0991. The highest BCUT2D eigenvalue weighted by molar-refractivity contribution is 6.31. The number of carboxylic acid groups (broad SMARTS) is 1. The maximum atomic E-state index is 14.9. The van der Waals surface area contributed by atoms with Gasteiger partial charge in [0.2, 0.25) is 5.91 Å². The quantitative estimate of drug-likeness (QED) is 0.578. The van der Waals surface area contributed by atoms with E-state index < -0.39 is 54.0 Å². The number of aliphatic carboxylic acids is 1. The summed E-state index contributed by atoms with van der Waals surface area (Å²) in [5.74, 6) is -4.63. The van der Waals surface area contributed by atoms with Crippen LogP contribution >= 0.6 is 23.2 Å². The topological polar surface area (TPSA) is 78.4 Å². The number of carboxylic acids is 1. The van der Waals surface area contributed by atoms with Crippen LogP contribution in [0, 0.1) is 11.2 Å². The minimum Gasteiger partial charge on any atom is -0.480 e. The van der Waals surface area contributed by atoms with Gasteiger partial charge in [-0.15, -0.1) is 0 Å². The summed E-state index contributed by atoms with van der Waals surface area (Å²) in [5.41, 5.74) is -1.92. The smallest absolute Gasteiger partial charge is 0.321 e. The third kappa shape index (κ3) is 3.64. The van der Waals surface area contributed by atoms with Gasteiger partial charge in [-0.05, 0) is 36.6 Å². The number of amides is 1. The van der Waals surface area contributed by atoms with E-state index >= 15 is 0 Å². The lowest BCUT2D eigenvalue weighted by Gasteiger charge is -2.57. The van der Waals surface area contributed by atoms with E-state index in [1.54, 1.807) is 12.1 Å². The summed E-state index contributed by atoms with van der Waals surface area (Å²) in [7, 11) is 0. The van der Waals surface area contributed by atoms with Crippen molar-refractivity contribution in [2.45, 2.75) is 30.3 Å². The van der Waals surface area contributed by atoms with Gasteiger partial charge < -0.3 is 10.4 Å². The maximum absolute atomic E-state index is 14.9. The van der Waals surface area contributed by atoms with E-state index in [-0.39, 0.29) is 29.1 Å². The Bertz CT molecular complexity index is 1090. The van der Waals surface area contributed by atoms with E-state index in [1.165, 1.54) is 24.3 Å². The molecule has 32 heavy (non-hydrogen) atoms. The summed E-state index contributed by atoms with van der Waals surface area (Å²) in [4.78, 5) is 25.5. The number of benzene rings is 2. The number of hydrogen-bond donors (Lipinski definition) is 3. The van der Waals surface area contributed by atoms with Crippen LogP contribution in [-0.4, -0.2) is 36.4 Å². The first-order valence-corrected chi connectivity index (χ1v) is 10.6. The zero-order valence-corrected chi connectivity index (χ0v) is 18.1. The van der Waals surface area contributed by atoms with Crippen molar-refractivity contribution in [3.8, 4) is 0 Å². The van der Waals surface area contributed by atoms with Crippen molar-refractivity contribution >= 4 is 40.8 Å². The molecule has 1 heterocycles. The summed E-state index contributed by atoms with van der Waals surface area (Å²) in [6, 6.07) is 6.98. The molecule has 3 N–H and O–H groups in total. The second-order valence-electron chi connectivity index (χ2n) is 8.46. The Morgan fingerprint density at radius 2 is 1.84 bits per heavy atom. The largest absolute Gasteiger partial charge is 0.480 e. The number of rotatable bonds is 4. The van der Waals surface area contributed by atoms with E-state index in [2.05, 4.69) is 10.6 Å². The highest BCUT2D eigenvalue weighted by Crippen LogP contribution is 2.57. The molecule has 4 rings (SSSR count). The number of nitrogens with one attached hydrogen (secondary N) is 2. The summed E-state index contributed by atoms with van der Waals surface area (Å²) in [5, 5.41) is 15.6. The molecule has 2 aromatic carbocycles. The fourth-order valence-electron chi connectivity index (χ4n) is 4.89. The summed E-state index contributed by atoms with van der Waals surface area (Å²) in [6.45, 7) is -1.85. The van der Waals surface area contributed by atoms with Crippen molar-refractivity contribution in [1.82, 2.24) is 5.32 Å². The zero-order chi connectivity index (χ0) is 23.3. The summed E-state index contributed by atoms with van der Waals surface area (Å²) >= 11 is 12.0. The molecule has 0 bridgehead atoms. The lowest BCUT2D eigenvalue weighted by atomic mass is 9.55. The SMILES string of the molecule is O=C(O)[C@@H]1NC2(CC(CF)(CF)C2)c2ccc(Cl)cc2NC(=O)[C@H]1c1cccc(Cl)c1F. The number of carbonyl (C=O) groups excluding carboxylic acids is 1. The fraction of sp³-hybridized carbons (Fsp3) is 0.364. The Labute approximate surface area is 191 Å². The Kier molecular flexibility index (Phi) is 5.90. The molecule has 1 aliphatic carbocycles. The third-order valence-electron chi connectivity index (χ3n) is 6.31. The van der Waals surface area contributed by atoms with Gasteiger partial charge in [-0.2, -0.15) is 0 Å². The van der Waals surface area contributed by atoms with Gasteiger partial charge in [0.15, 0.2) is 0 Å². The molecule has 0 saturated heterocycles. The molecular formula is C22H19Cl2F3N2O3. The third-order valence-corrected chi connectivity index (χ3v) is 6.83. The summed E-state index contributed by atoms with van der Waals surface area (Å²) < 4.78 is 42.2. The van der Waals surface area contributed by atoms with Crippen LogP contribution in [-0.2, 0) is 15.1 Å². The second-order valence-corrected chi connectivity index (χ2v) is 9.31. The van der Waals surface area contributed by atoms with Crippen LogP contribution < -0.4 is 10.6 Å². The number of alkyl halides is 2. The van der Waals surface area contributed by atoms with Crippen molar-refractivity contribution < 1.29 is 27.9 Å². The van der Waals surface area contributed by atoms with Crippen molar-refractivity contribution in [2.24, 2.45) is 5.41 Å². The lowest BCUT2D eigenvalue weighted by Crippen LogP contribution is -2.65. The van der Waals surface area contributed by atoms with Crippen LogP contribution in [0.5, 0.6) is 0 Å².